The monoisotopic (exact) mass is 352 g/mol. The van der Waals surface area contributed by atoms with Gasteiger partial charge in [0.2, 0.25) is 0 Å². The zero-order chi connectivity index (χ0) is 18.1. The van der Waals surface area contributed by atoms with E-state index in [0.717, 1.165) is 18.2 Å². The van der Waals surface area contributed by atoms with Crippen molar-refractivity contribution in [3.8, 4) is 28.2 Å². The molecule has 2 heterocycles. The van der Waals surface area contributed by atoms with Crippen LogP contribution in [0, 0.1) is 17.5 Å². The molecule has 2 aromatic heterocycles. The van der Waals surface area contributed by atoms with Gasteiger partial charge in [0.1, 0.15) is 23.1 Å². The van der Waals surface area contributed by atoms with Gasteiger partial charge in [0.05, 0.1) is 23.1 Å². The highest BCUT2D eigenvalue weighted by Gasteiger charge is 2.16. The molecule has 0 aliphatic carbocycles. The van der Waals surface area contributed by atoms with E-state index in [4.69, 9.17) is 0 Å². The number of rotatable bonds is 3. The van der Waals surface area contributed by atoms with Gasteiger partial charge in [-0.2, -0.15) is 0 Å². The van der Waals surface area contributed by atoms with Crippen LogP contribution in [0.4, 0.5) is 13.2 Å². The largest absolute Gasteiger partial charge is 0.254 e. The van der Waals surface area contributed by atoms with Crippen molar-refractivity contribution in [1.82, 2.24) is 20.0 Å². The van der Waals surface area contributed by atoms with Gasteiger partial charge in [0.25, 0.3) is 0 Å². The lowest BCUT2D eigenvalue weighted by molar-refractivity contribution is 0.584. The van der Waals surface area contributed by atoms with Gasteiger partial charge in [-0.3, -0.25) is 4.98 Å². The zero-order valence-corrected chi connectivity index (χ0v) is 13.3. The molecule has 0 saturated carbocycles. The summed E-state index contributed by atoms with van der Waals surface area (Å²) in [4.78, 5) is 4.15. The number of nitrogens with zero attached hydrogens (tertiary/aromatic N) is 4. The van der Waals surface area contributed by atoms with Crippen molar-refractivity contribution in [2.45, 2.75) is 0 Å². The van der Waals surface area contributed by atoms with E-state index in [1.165, 1.54) is 29.1 Å². The molecule has 0 fully saturated rings. The lowest BCUT2D eigenvalue weighted by atomic mass is 10.0. The molecule has 0 radical (unpaired) electrons. The molecule has 4 nitrogen and oxygen atoms in total. The molecule has 4 rings (SSSR count). The smallest absolute Gasteiger partial charge is 0.136 e. The van der Waals surface area contributed by atoms with Gasteiger partial charge in [-0.05, 0) is 29.8 Å². The normalized spacial score (nSPS) is 10.9. The predicted octanol–water partition coefficient (Wildman–Crippen LogP) is 4.41. The maximum atomic E-state index is 14.5. The average Bonchev–Trinajstić information content (AvgIpc) is 3.12. The van der Waals surface area contributed by atoms with Crippen LogP contribution in [0.1, 0.15) is 0 Å². The van der Waals surface area contributed by atoms with Crippen LogP contribution in [-0.2, 0) is 0 Å². The molecular formula is C19H11F3N4. The number of pyridine rings is 1. The Bertz CT molecular complexity index is 1050. The molecular weight excluding hydrogens is 341 g/mol. The maximum absolute atomic E-state index is 14.5. The van der Waals surface area contributed by atoms with E-state index < -0.39 is 17.5 Å². The SMILES string of the molecule is Fc1cccc(-c2c(F)cc(-n3cc(-c4ccccn4)nn3)cc2F)c1. The van der Waals surface area contributed by atoms with Gasteiger partial charge in [0, 0.05) is 18.3 Å². The fourth-order valence-electron chi connectivity index (χ4n) is 2.63. The van der Waals surface area contributed by atoms with Crippen LogP contribution in [0.3, 0.4) is 0 Å². The summed E-state index contributed by atoms with van der Waals surface area (Å²) >= 11 is 0. The summed E-state index contributed by atoms with van der Waals surface area (Å²) in [5.41, 5.74) is 1.06. The number of aromatic nitrogens is 4. The number of hydrogen-bond acceptors (Lipinski definition) is 3. The minimum Gasteiger partial charge on any atom is -0.254 e. The summed E-state index contributed by atoms with van der Waals surface area (Å²) in [5.74, 6) is -2.21. The highest BCUT2D eigenvalue weighted by molar-refractivity contribution is 5.66. The van der Waals surface area contributed by atoms with Crippen LogP contribution in [0.15, 0.2) is 67.0 Å². The second-order valence-electron chi connectivity index (χ2n) is 5.56. The molecule has 26 heavy (non-hydrogen) atoms. The lowest BCUT2D eigenvalue weighted by Crippen LogP contribution is -2.00. The molecule has 0 atom stereocenters. The van der Waals surface area contributed by atoms with Crippen LogP contribution >= 0.6 is 0 Å². The van der Waals surface area contributed by atoms with E-state index in [0.29, 0.717) is 11.4 Å². The number of hydrogen-bond donors (Lipinski definition) is 0. The fourth-order valence-corrected chi connectivity index (χ4v) is 2.63. The second-order valence-corrected chi connectivity index (χ2v) is 5.56. The number of halogens is 3. The van der Waals surface area contributed by atoms with Crippen LogP contribution < -0.4 is 0 Å². The molecule has 0 bridgehead atoms. The van der Waals surface area contributed by atoms with E-state index >= 15 is 0 Å². The fraction of sp³-hybridized carbons (Fsp3) is 0. The van der Waals surface area contributed by atoms with Crippen molar-refractivity contribution < 1.29 is 13.2 Å². The molecule has 128 valence electrons. The molecule has 0 amide bonds. The summed E-state index contributed by atoms with van der Waals surface area (Å²) in [5, 5.41) is 7.87. The molecule has 7 heteroatoms. The van der Waals surface area contributed by atoms with E-state index in [-0.39, 0.29) is 16.8 Å². The summed E-state index contributed by atoms with van der Waals surface area (Å²) < 4.78 is 43.6. The Morgan fingerprint density at radius 1 is 0.808 bits per heavy atom. The van der Waals surface area contributed by atoms with Crippen LogP contribution in [0.5, 0.6) is 0 Å². The quantitative estimate of drug-likeness (QED) is 0.548. The van der Waals surface area contributed by atoms with Gasteiger partial charge in [-0.1, -0.05) is 23.4 Å². The van der Waals surface area contributed by atoms with Crippen molar-refractivity contribution in [3.63, 3.8) is 0 Å². The van der Waals surface area contributed by atoms with Gasteiger partial charge >= 0.3 is 0 Å². The van der Waals surface area contributed by atoms with Gasteiger partial charge in [-0.15, -0.1) is 5.10 Å². The van der Waals surface area contributed by atoms with E-state index in [1.807, 2.05) is 0 Å². The molecule has 0 aliphatic rings. The van der Waals surface area contributed by atoms with E-state index in [9.17, 15) is 13.2 Å². The number of benzene rings is 2. The summed E-state index contributed by atoms with van der Waals surface area (Å²) in [6, 6.07) is 12.7. The minimum absolute atomic E-state index is 0.124. The first-order valence-electron chi connectivity index (χ1n) is 7.71. The van der Waals surface area contributed by atoms with Crippen molar-refractivity contribution in [1.29, 1.82) is 0 Å². The van der Waals surface area contributed by atoms with Crippen LogP contribution in [-0.4, -0.2) is 20.0 Å². The molecule has 2 aromatic carbocycles. The Morgan fingerprint density at radius 2 is 1.62 bits per heavy atom. The first-order valence-corrected chi connectivity index (χ1v) is 7.71. The molecule has 0 spiro atoms. The van der Waals surface area contributed by atoms with Crippen molar-refractivity contribution in [2.24, 2.45) is 0 Å². The highest BCUT2D eigenvalue weighted by Crippen LogP contribution is 2.29. The summed E-state index contributed by atoms with van der Waals surface area (Å²) in [7, 11) is 0. The Hall–Kier alpha value is -3.48. The van der Waals surface area contributed by atoms with E-state index in [1.54, 1.807) is 24.4 Å². The Kier molecular flexibility index (Phi) is 3.96. The third-order valence-electron chi connectivity index (χ3n) is 3.83. The predicted molar refractivity (Wildman–Crippen MR) is 89.9 cm³/mol. The van der Waals surface area contributed by atoms with Gasteiger partial charge < -0.3 is 0 Å². The standard InChI is InChI=1S/C19H11F3N4/c20-13-5-3-4-12(8-13)19-15(21)9-14(10-16(19)22)26-11-18(24-25-26)17-6-1-2-7-23-17/h1-11H. The molecule has 4 aromatic rings. The van der Waals surface area contributed by atoms with E-state index in [2.05, 4.69) is 15.3 Å². The van der Waals surface area contributed by atoms with Crippen molar-refractivity contribution >= 4 is 0 Å². The first kappa shape index (κ1) is 16.0. The third kappa shape index (κ3) is 2.95. The molecule has 0 saturated heterocycles. The molecule has 0 aliphatic heterocycles. The topological polar surface area (TPSA) is 43.6 Å². The summed E-state index contributed by atoms with van der Waals surface area (Å²) in [6.45, 7) is 0. The second kappa shape index (κ2) is 6.44. The zero-order valence-electron chi connectivity index (χ0n) is 13.3. The Morgan fingerprint density at radius 3 is 2.31 bits per heavy atom. The van der Waals surface area contributed by atoms with Crippen molar-refractivity contribution in [3.05, 3.63) is 84.4 Å². The highest BCUT2D eigenvalue weighted by atomic mass is 19.1. The Labute approximate surface area is 146 Å². The van der Waals surface area contributed by atoms with Gasteiger partial charge in [0.15, 0.2) is 0 Å². The average molecular weight is 352 g/mol. The first-order chi connectivity index (χ1) is 12.6. The van der Waals surface area contributed by atoms with Crippen molar-refractivity contribution in [2.75, 3.05) is 0 Å². The van der Waals surface area contributed by atoms with Gasteiger partial charge in [-0.25, -0.2) is 17.9 Å². The molecule has 0 unspecified atom stereocenters. The summed E-state index contributed by atoms with van der Waals surface area (Å²) in [6.07, 6.45) is 3.14. The molecule has 0 N–H and O–H groups in total. The van der Waals surface area contributed by atoms with Crippen LogP contribution in [0.2, 0.25) is 0 Å². The minimum atomic E-state index is -0.819. The third-order valence-corrected chi connectivity index (χ3v) is 3.83. The van der Waals surface area contributed by atoms with Crippen LogP contribution in [0.25, 0.3) is 28.2 Å². The maximum Gasteiger partial charge on any atom is 0.136 e. The Balaban J connectivity index is 1.74. The lowest BCUT2D eigenvalue weighted by Gasteiger charge is -2.08.